The highest BCUT2D eigenvalue weighted by Crippen LogP contribution is 2.12. The van der Waals surface area contributed by atoms with Crippen molar-refractivity contribution in [2.24, 2.45) is 0 Å². The molecule has 0 aliphatic carbocycles. The van der Waals surface area contributed by atoms with E-state index in [-0.39, 0.29) is 31.1 Å². The molecule has 0 amide bonds. The molecular formula is C53H88O6. The lowest BCUT2D eigenvalue weighted by molar-refractivity contribution is -0.167. The average molecular weight is 821 g/mol. The van der Waals surface area contributed by atoms with Gasteiger partial charge in [-0.15, -0.1) is 0 Å². The van der Waals surface area contributed by atoms with Gasteiger partial charge in [0.1, 0.15) is 13.2 Å². The Morgan fingerprint density at radius 3 is 1.08 bits per heavy atom. The fourth-order valence-corrected chi connectivity index (χ4v) is 6.26. The van der Waals surface area contributed by atoms with E-state index in [1.807, 2.05) is 0 Å². The predicted octanol–water partition coefficient (Wildman–Crippen LogP) is 15.6. The number of hydrogen-bond acceptors (Lipinski definition) is 6. The summed E-state index contributed by atoms with van der Waals surface area (Å²) in [4.78, 5) is 37.6. The Kier molecular flexibility index (Phi) is 44.5. The number of esters is 3. The van der Waals surface area contributed by atoms with E-state index in [0.29, 0.717) is 19.3 Å². The smallest absolute Gasteiger partial charge is 0.306 e. The van der Waals surface area contributed by atoms with Crippen LogP contribution in [0.1, 0.15) is 213 Å². The molecule has 6 heteroatoms. The first-order valence-corrected chi connectivity index (χ1v) is 24.1. The quantitative estimate of drug-likeness (QED) is 0.0264. The Morgan fingerprint density at radius 1 is 0.356 bits per heavy atom. The number of rotatable bonds is 42. The zero-order chi connectivity index (χ0) is 43.0. The molecule has 0 aliphatic heterocycles. The molecule has 0 rings (SSSR count). The maximum Gasteiger partial charge on any atom is 0.306 e. The second kappa shape index (κ2) is 47.3. The Bertz CT molecular complexity index is 1170. The molecule has 336 valence electrons. The number of hydrogen-bond donors (Lipinski definition) is 0. The number of ether oxygens (including phenoxy) is 3. The van der Waals surface area contributed by atoms with Gasteiger partial charge in [-0.1, -0.05) is 183 Å². The van der Waals surface area contributed by atoms with Crippen molar-refractivity contribution < 1.29 is 28.6 Å². The van der Waals surface area contributed by atoms with E-state index in [1.54, 1.807) is 0 Å². The summed E-state index contributed by atoms with van der Waals surface area (Å²) >= 11 is 0. The van der Waals surface area contributed by atoms with Crippen LogP contribution in [-0.2, 0) is 28.6 Å². The Labute approximate surface area is 363 Å². The summed E-state index contributed by atoms with van der Waals surface area (Å²) in [5.74, 6) is -0.940. The molecule has 0 aliphatic rings. The molecule has 0 radical (unpaired) electrons. The lowest BCUT2D eigenvalue weighted by Crippen LogP contribution is -2.30. The van der Waals surface area contributed by atoms with Crippen LogP contribution in [0.2, 0.25) is 0 Å². The minimum Gasteiger partial charge on any atom is -0.462 e. The summed E-state index contributed by atoms with van der Waals surface area (Å²) in [5.41, 5.74) is 0. The summed E-state index contributed by atoms with van der Waals surface area (Å²) in [6.45, 7) is 6.39. The second-order valence-corrected chi connectivity index (χ2v) is 15.6. The van der Waals surface area contributed by atoms with Crippen LogP contribution in [0.3, 0.4) is 0 Å². The Morgan fingerprint density at radius 2 is 0.661 bits per heavy atom. The van der Waals surface area contributed by atoms with Crippen LogP contribution in [-0.4, -0.2) is 37.2 Å². The van der Waals surface area contributed by atoms with Crippen molar-refractivity contribution in [3.05, 3.63) is 85.1 Å². The highest BCUT2D eigenvalue weighted by atomic mass is 16.6. The summed E-state index contributed by atoms with van der Waals surface area (Å²) < 4.78 is 16.6. The summed E-state index contributed by atoms with van der Waals surface area (Å²) in [7, 11) is 0. The van der Waals surface area contributed by atoms with Crippen molar-refractivity contribution in [3.63, 3.8) is 0 Å². The van der Waals surface area contributed by atoms with Gasteiger partial charge in [0.05, 0.1) is 0 Å². The second-order valence-electron chi connectivity index (χ2n) is 15.6. The molecule has 0 saturated heterocycles. The van der Waals surface area contributed by atoms with Crippen LogP contribution < -0.4 is 0 Å². The summed E-state index contributed by atoms with van der Waals surface area (Å²) in [6, 6.07) is 0. The first-order chi connectivity index (χ1) is 29.0. The van der Waals surface area contributed by atoms with Crippen molar-refractivity contribution in [2.45, 2.75) is 219 Å². The highest BCUT2D eigenvalue weighted by molar-refractivity contribution is 5.71. The normalized spacial score (nSPS) is 12.8. The molecule has 0 saturated carbocycles. The van der Waals surface area contributed by atoms with Gasteiger partial charge < -0.3 is 14.2 Å². The van der Waals surface area contributed by atoms with Crippen molar-refractivity contribution >= 4 is 17.9 Å². The topological polar surface area (TPSA) is 78.9 Å². The molecule has 0 spiro atoms. The van der Waals surface area contributed by atoms with E-state index in [9.17, 15) is 14.4 Å². The standard InChI is InChI=1S/C53H88O6/c1-4-7-10-13-16-18-20-22-23-24-25-26-27-28-29-30-31-32-34-35-37-40-43-46-52(55)58-49-50(48-57-51(54)45-42-39-15-12-9-6-3)59-53(56)47-44-41-38-36-33-21-19-17-14-11-8-5-2/h7,10,16-19,22-23,25-26,28-29,31-32,50H,4-6,8-9,11-15,20-21,24,27,30,33-49H2,1-3H3/b10-7-,18-16-,19-17-,23-22-,26-25-,29-28-,32-31-. The molecule has 0 bridgehead atoms. The van der Waals surface area contributed by atoms with E-state index in [0.717, 1.165) is 122 Å². The van der Waals surface area contributed by atoms with Gasteiger partial charge in [-0.25, -0.2) is 0 Å². The van der Waals surface area contributed by atoms with Gasteiger partial charge in [0, 0.05) is 19.3 Å². The molecule has 0 fully saturated rings. The van der Waals surface area contributed by atoms with Gasteiger partial charge in [-0.05, 0) is 96.3 Å². The van der Waals surface area contributed by atoms with Crippen LogP contribution >= 0.6 is 0 Å². The minimum absolute atomic E-state index is 0.0890. The molecule has 0 aromatic heterocycles. The van der Waals surface area contributed by atoms with Crippen LogP contribution in [0.15, 0.2) is 85.1 Å². The molecule has 0 heterocycles. The molecule has 0 aromatic rings. The molecular weight excluding hydrogens is 733 g/mol. The van der Waals surface area contributed by atoms with Crippen molar-refractivity contribution in [3.8, 4) is 0 Å². The first-order valence-electron chi connectivity index (χ1n) is 24.1. The molecule has 1 unspecified atom stereocenters. The third kappa shape index (κ3) is 45.5. The number of unbranched alkanes of at least 4 members (excludes halogenated alkanes) is 17. The highest BCUT2D eigenvalue weighted by Gasteiger charge is 2.19. The van der Waals surface area contributed by atoms with Crippen LogP contribution in [0.5, 0.6) is 0 Å². The molecule has 59 heavy (non-hydrogen) atoms. The third-order valence-corrected chi connectivity index (χ3v) is 9.88. The van der Waals surface area contributed by atoms with Crippen molar-refractivity contribution in [1.29, 1.82) is 0 Å². The average Bonchev–Trinajstić information content (AvgIpc) is 3.23. The van der Waals surface area contributed by atoms with Gasteiger partial charge in [-0.3, -0.25) is 14.4 Å². The van der Waals surface area contributed by atoms with E-state index in [4.69, 9.17) is 14.2 Å². The van der Waals surface area contributed by atoms with Gasteiger partial charge in [0.2, 0.25) is 0 Å². The summed E-state index contributed by atoms with van der Waals surface area (Å²) in [6.07, 6.45) is 60.2. The monoisotopic (exact) mass is 821 g/mol. The Balaban J connectivity index is 4.27. The van der Waals surface area contributed by atoms with E-state index >= 15 is 0 Å². The zero-order valence-electron chi connectivity index (χ0n) is 38.2. The SMILES string of the molecule is CC/C=C\C/C=C\C/C=C\C/C=C\C/C=C\C/C=C\CCCCCCC(=O)OCC(COC(=O)CCCCCCCC)OC(=O)CCCCCCC/C=C\CCCCC. The predicted molar refractivity (Wildman–Crippen MR) is 251 cm³/mol. The van der Waals surface area contributed by atoms with E-state index in [1.165, 1.54) is 51.4 Å². The van der Waals surface area contributed by atoms with Crippen LogP contribution in [0.25, 0.3) is 0 Å². The van der Waals surface area contributed by atoms with Gasteiger partial charge >= 0.3 is 17.9 Å². The summed E-state index contributed by atoms with van der Waals surface area (Å²) in [5, 5.41) is 0. The third-order valence-electron chi connectivity index (χ3n) is 9.88. The fourth-order valence-electron chi connectivity index (χ4n) is 6.26. The maximum atomic E-state index is 12.7. The zero-order valence-corrected chi connectivity index (χ0v) is 38.2. The van der Waals surface area contributed by atoms with E-state index in [2.05, 4.69) is 106 Å². The van der Waals surface area contributed by atoms with Crippen molar-refractivity contribution in [2.75, 3.05) is 13.2 Å². The minimum atomic E-state index is -0.787. The Hall–Kier alpha value is -3.41. The molecule has 0 aromatic carbocycles. The lowest BCUT2D eigenvalue weighted by Gasteiger charge is -2.18. The van der Waals surface area contributed by atoms with Gasteiger partial charge in [0.15, 0.2) is 6.10 Å². The number of carbonyl (C=O) groups is 3. The van der Waals surface area contributed by atoms with Gasteiger partial charge in [0.25, 0.3) is 0 Å². The van der Waals surface area contributed by atoms with E-state index < -0.39 is 6.10 Å². The largest absolute Gasteiger partial charge is 0.462 e. The van der Waals surface area contributed by atoms with Crippen LogP contribution in [0.4, 0.5) is 0 Å². The molecule has 0 N–H and O–H groups in total. The van der Waals surface area contributed by atoms with Crippen molar-refractivity contribution in [1.82, 2.24) is 0 Å². The lowest BCUT2D eigenvalue weighted by atomic mass is 10.1. The molecule has 1 atom stereocenters. The number of carbonyl (C=O) groups excluding carboxylic acids is 3. The number of allylic oxidation sites excluding steroid dienone is 14. The van der Waals surface area contributed by atoms with Gasteiger partial charge in [-0.2, -0.15) is 0 Å². The molecule has 6 nitrogen and oxygen atoms in total. The van der Waals surface area contributed by atoms with Crippen LogP contribution in [0, 0.1) is 0 Å². The first kappa shape index (κ1) is 55.6. The maximum absolute atomic E-state index is 12.7. The fraction of sp³-hybridized carbons (Fsp3) is 0.679.